The van der Waals surface area contributed by atoms with Crippen molar-refractivity contribution in [2.45, 2.75) is 18.9 Å². The lowest BCUT2D eigenvalue weighted by Gasteiger charge is -2.18. The van der Waals surface area contributed by atoms with Crippen molar-refractivity contribution in [3.8, 4) is 0 Å². The molecule has 0 saturated carbocycles. The molecule has 1 aliphatic heterocycles. The van der Waals surface area contributed by atoms with Gasteiger partial charge in [-0.15, -0.1) is 0 Å². The molecular formula is C11H11N3O3. The zero-order chi connectivity index (χ0) is 12.6. The molecule has 17 heavy (non-hydrogen) atoms. The van der Waals surface area contributed by atoms with E-state index in [1.54, 1.807) is 18.2 Å². The standard InChI is InChI=1S/C11H11N3O3/c1-11(12,9(15)16)5-6-2-3-7-8(4-6)14-10(17)13-7/h2-4H,5,12H2,1H3,(H,15,16)/t11-/m0/s1. The van der Waals surface area contributed by atoms with Crippen LogP contribution in [0.5, 0.6) is 0 Å². The normalized spacial score (nSPS) is 16.7. The van der Waals surface area contributed by atoms with Gasteiger partial charge in [0.1, 0.15) is 5.54 Å². The second-order valence-electron chi connectivity index (χ2n) is 4.23. The Kier molecular flexibility index (Phi) is 2.51. The first-order valence-electron chi connectivity index (χ1n) is 5.01. The van der Waals surface area contributed by atoms with Crippen molar-refractivity contribution >= 4 is 12.0 Å². The summed E-state index contributed by atoms with van der Waals surface area (Å²) < 4.78 is 0. The van der Waals surface area contributed by atoms with Crippen molar-refractivity contribution in [2.24, 2.45) is 15.7 Å². The highest BCUT2D eigenvalue weighted by molar-refractivity contribution is 5.78. The molecule has 0 saturated heterocycles. The minimum Gasteiger partial charge on any atom is -0.480 e. The fourth-order valence-corrected chi connectivity index (χ4v) is 1.59. The number of amides is 2. The minimum atomic E-state index is -1.34. The molecule has 3 N–H and O–H groups in total. The van der Waals surface area contributed by atoms with Crippen LogP contribution in [0.1, 0.15) is 12.5 Å². The zero-order valence-electron chi connectivity index (χ0n) is 9.17. The lowest BCUT2D eigenvalue weighted by Crippen LogP contribution is -2.47. The average Bonchev–Trinajstić information content (AvgIpc) is 2.56. The number of hydrogen-bond acceptors (Lipinski definition) is 3. The Bertz CT molecular complexity index is 619. The lowest BCUT2D eigenvalue weighted by atomic mass is 9.94. The molecule has 1 atom stereocenters. The molecule has 0 radical (unpaired) electrons. The molecule has 2 rings (SSSR count). The fourth-order valence-electron chi connectivity index (χ4n) is 1.59. The number of carboxylic acids is 1. The number of benzene rings is 1. The van der Waals surface area contributed by atoms with E-state index < -0.39 is 17.5 Å². The first kappa shape index (κ1) is 11.4. The third-order valence-electron chi connectivity index (χ3n) is 2.53. The molecule has 0 aliphatic carbocycles. The first-order chi connectivity index (χ1) is 7.88. The Balaban J connectivity index is 2.36. The van der Waals surface area contributed by atoms with Crippen molar-refractivity contribution in [3.63, 3.8) is 0 Å². The van der Waals surface area contributed by atoms with Gasteiger partial charge < -0.3 is 10.8 Å². The molecule has 6 nitrogen and oxygen atoms in total. The summed E-state index contributed by atoms with van der Waals surface area (Å²) in [5.74, 6) is -1.07. The third kappa shape index (κ3) is 2.21. The largest absolute Gasteiger partial charge is 0.480 e. The van der Waals surface area contributed by atoms with Crippen LogP contribution in [-0.4, -0.2) is 22.6 Å². The van der Waals surface area contributed by atoms with Crippen LogP contribution in [0, 0.1) is 0 Å². The van der Waals surface area contributed by atoms with E-state index in [1.807, 2.05) is 0 Å². The molecule has 0 spiro atoms. The SMILES string of the molecule is C[C@](N)(Cc1ccc2c(c1)=NC(=O)N=2)C(=O)O. The minimum absolute atomic E-state index is 0.166. The molecule has 2 amide bonds. The summed E-state index contributed by atoms with van der Waals surface area (Å²) >= 11 is 0. The predicted molar refractivity (Wildman–Crippen MR) is 58.1 cm³/mol. The van der Waals surface area contributed by atoms with Crippen LogP contribution in [0.15, 0.2) is 28.2 Å². The Morgan fingerprint density at radius 3 is 2.71 bits per heavy atom. The van der Waals surface area contributed by atoms with Crippen molar-refractivity contribution < 1.29 is 14.7 Å². The number of nitrogens with two attached hydrogens (primary N) is 1. The summed E-state index contributed by atoms with van der Waals surface area (Å²) in [5, 5.41) is 9.89. The second-order valence-corrected chi connectivity index (χ2v) is 4.23. The third-order valence-corrected chi connectivity index (χ3v) is 2.53. The number of carboxylic acid groups (broad SMARTS) is 1. The van der Waals surface area contributed by atoms with Gasteiger partial charge in [0.05, 0.1) is 10.7 Å². The second kappa shape index (κ2) is 3.74. The van der Waals surface area contributed by atoms with Crippen LogP contribution in [0.3, 0.4) is 0 Å². The van der Waals surface area contributed by atoms with Crippen molar-refractivity contribution in [1.82, 2.24) is 0 Å². The van der Waals surface area contributed by atoms with Gasteiger partial charge in [0.2, 0.25) is 0 Å². The van der Waals surface area contributed by atoms with Crippen molar-refractivity contribution in [2.75, 3.05) is 0 Å². The molecule has 1 aromatic rings. The first-order valence-corrected chi connectivity index (χ1v) is 5.01. The van der Waals surface area contributed by atoms with Gasteiger partial charge in [0, 0.05) is 6.42 Å². The van der Waals surface area contributed by atoms with Crippen LogP contribution >= 0.6 is 0 Å². The van der Waals surface area contributed by atoms with E-state index in [9.17, 15) is 9.59 Å². The predicted octanol–water partition coefficient (Wildman–Crippen LogP) is -0.596. The lowest BCUT2D eigenvalue weighted by molar-refractivity contribution is -0.142. The maximum atomic E-state index is 11.0. The van der Waals surface area contributed by atoms with E-state index in [-0.39, 0.29) is 6.42 Å². The number of carbonyl (C=O) groups excluding carboxylic acids is 1. The molecular weight excluding hydrogens is 222 g/mol. The quantitative estimate of drug-likeness (QED) is 0.727. The van der Waals surface area contributed by atoms with Crippen molar-refractivity contribution in [1.29, 1.82) is 0 Å². The van der Waals surface area contributed by atoms with Crippen molar-refractivity contribution in [3.05, 3.63) is 34.5 Å². The number of aliphatic carboxylic acids is 1. The van der Waals surface area contributed by atoms with Gasteiger partial charge in [0.25, 0.3) is 0 Å². The van der Waals surface area contributed by atoms with Gasteiger partial charge >= 0.3 is 12.0 Å². The molecule has 1 heterocycles. The van der Waals surface area contributed by atoms with Gasteiger partial charge in [-0.3, -0.25) is 4.79 Å². The number of carbonyl (C=O) groups is 2. The maximum Gasteiger partial charge on any atom is 0.368 e. The molecule has 1 aromatic carbocycles. The van der Waals surface area contributed by atoms with E-state index in [1.165, 1.54) is 6.92 Å². The fraction of sp³-hybridized carbons (Fsp3) is 0.273. The molecule has 1 aliphatic rings. The highest BCUT2D eigenvalue weighted by Gasteiger charge is 2.28. The zero-order valence-corrected chi connectivity index (χ0v) is 9.17. The molecule has 0 aromatic heterocycles. The number of hydrogen-bond donors (Lipinski definition) is 2. The number of nitrogens with zero attached hydrogens (tertiary/aromatic N) is 2. The molecule has 88 valence electrons. The molecule has 0 bridgehead atoms. The van der Waals surface area contributed by atoms with Gasteiger partial charge in [0.15, 0.2) is 0 Å². The number of fused-ring (bicyclic) bond motifs is 1. The summed E-state index contributed by atoms with van der Waals surface area (Å²) in [6.07, 6.45) is 0.166. The summed E-state index contributed by atoms with van der Waals surface area (Å²) in [4.78, 5) is 29.2. The van der Waals surface area contributed by atoms with E-state index in [0.717, 1.165) is 0 Å². The smallest absolute Gasteiger partial charge is 0.368 e. The van der Waals surface area contributed by atoms with E-state index in [0.29, 0.717) is 16.3 Å². The molecule has 6 heteroatoms. The number of urea groups is 1. The van der Waals surface area contributed by atoms with Gasteiger partial charge in [-0.25, -0.2) is 4.79 Å². The van der Waals surface area contributed by atoms with Crippen LogP contribution in [-0.2, 0) is 11.2 Å². The van der Waals surface area contributed by atoms with Crippen LogP contribution in [0.4, 0.5) is 4.79 Å². The summed E-state index contributed by atoms with van der Waals surface area (Å²) in [7, 11) is 0. The number of rotatable bonds is 3. The maximum absolute atomic E-state index is 11.0. The Labute approximate surface area is 96.5 Å². The van der Waals surface area contributed by atoms with E-state index in [4.69, 9.17) is 10.8 Å². The van der Waals surface area contributed by atoms with E-state index in [2.05, 4.69) is 9.98 Å². The van der Waals surface area contributed by atoms with Crippen LogP contribution in [0.2, 0.25) is 0 Å². The Morgan fingerprint density at radius 2 is 2.06 bits per heavy atom. The van der Waals surface area contributed by atoms with Crippen LogP contribution < -0.4 is 16.4 Å². The monoisotopic (exact) mass is 233 g/mol. The summed E-state index contributed by atoms with van der Waals surface area (Å²) in [5.41, 5.74) is 5.02. The highest BCUT2D eigenvalue weighted by atomic mass is 16.4. The Hall–Kier alpha value is -2.08. The summed E-state index contributed by atoms with van der Waals surface area (Å²) in [6, 6.07) is 4.44. The highest BCUT2D eigenvalue weighted by Crippen LogP contribution is 2.08. The Morgan fingerprint density at radius 1 is 1.41 bits per heavy atom. The van der Waals surface area contributed by atoms with Gasteiger partial charge in [-0.2, -0.15) is 9.98 Å². The molecule has 0 fully saturated rings. The average molecular weight is 233 g/mol. The molecule has 0 unspecified atom stereocenters. The van der Waals surface area contributed by atoms with Gasteiger partial charge in [-0.05, 0) is 24.6 Å². The van der Waals surface area contributed by atoms with E-state index >= 15 is 0 Å². The van der Waals surface area contributed by atoms with Crippen LogP contribution in [0.25, 0.3) is 0 Å². The topological polar surface area (TPSA) is 105 Å². The van der Waals surface area contributed by atoms with Gasteiger partial charge in [-0.1, -0.05) is 6.07 Å². The summed E-state index contributed by atoms with van der Waals surface area (Å²) in [6.45, 7) is 1.44.